The molecule has 32 heteroatoms. The van der Waals surface area contributed by atoms with E-state index in [0.717, 1.165) is 54.7 Å². The second-order valence-corrected chi connectivity index (χ2v) is 38.0. The number of carbonyl (C=O) groups is 2. The van der Waals surface area contributed by atoms with Gasteiger partial charge in [0, 0.05) is 36.7 Å². The van der Waals surface area contributed by atoms with Crippen molar-refractivity contribution in [1.82, 2.24) is 0 Å². The molecule has 0 bridgehead atoms. The number of nitrogens with zero attached hydrogens (tertiary/aromatic N) is 1. The highest BCUT2D eigenvalue weighted by Gasteiger charge is 2.38. The number of hydrogen-bond donors (Lipinski definition) is 0. The van der Waals surface area contributed by atoms with Gasteiger partial charge in [0.25, 0.3) is 0 Å². The summed E-state index contributed by atoms with van der Waals surface area (Å²) in [4.78, 5) is 22.2. The Morgan fingerprint density at radius 1 is 0.366 bits per heavy atom. The third kappa shape index (κ3) is 35.5. The molecule has 13 nitrogen and oxygen atoms in total. The van der Waals surface area contributed by atoms with Crippen LogP contribution >= 0.6 is 26.6 Å². The number of rotatable bonds is 41. The highest BCUT2D eigenvalue weighted by molar-refractivity contribution is 7.46. The largest absolute Gasteiger partial charge is 1.51 e. The second-order valence-electron chi connectivity index (χ2n) is 35.0. The minimum atomic E-state index is -2.24. The Kier molecular flexibility index (Phi) is 55.2. The van der Waals surface area contributed by atoms with Crippen LogP contribution in [0.15, 0.2) is 127 Å². The number of methoxy groups -OCH3 is 2. The molecule has 1 aliphatic rings. The minimum absolute atomic E-state index is 0. The summed E-state index contributed by atoms with van der Waals surface area (Å²) in [5.41, 5.74) is -8.81. The van der Waals surface area contributed by atoms with Crippen LogP contribution in [0.4, 0.5) is 70.2 Å². The summed E-state index contributed by atoms with van der Waals surface area (Å²) in [5, 5.41) is 0. The standard InChI is InChI=1S/C47H44F8O2.C34H32F8O4P2.C19H28O4.C4H12N.C4H8O.2CH4.H2O.HP/c1-7-9-32-24-34(56-6)33(25-35(32)57-23-22-27(4)11-8-10-26(2)3)21-16-29-14-19-31(20-15-29)37-42(50)46(54)39(47(55)43(37)51)38-44(52)40(48)36(41(49)45(38)53)30-17-12-28(5)13-18-30;1-5-43-47(44-6-2)17-19-9-13-21(14-10-19)23-27(35)31(39)25(32(40)28(23)36)26-33(41)29(37)24(30(38)34(26)42)22-15-11-20(12-16-22)18-48(45-7-3)46-8-4;1-14(2)6-5-7-15(3)8-9-23-19-11-16(12-20)18(22-4)10-17(19)13-21;1-5(2,3)4;1-2-4-5-3-1;;;;/h7,9,12-21,24-27H,8,10-11,22-23H2,1-6H3;9-16H,5-8,17-18H2,1-4H3;10-15H,5-9H2,1-4H3;1-4H3;1-4H2;2*1H4;1H2;1H/q;;;+1;;;;;-2/p-1/b9-7+,21-16+;;;;;;;;. The summed E-state index contributed by atoms with van der Waals surface area (Å²) in [6.07, 6.45) is 20.8. The first-order valence-electron chi connectivity index (χ1n) is 45.8. The molecule has 1 fully saturated rings. The van der Waals surface area contributed by atoms with Crippen molar-refractivity contribution >= 4 is 57.5 Å². The molecular formula is C110H134F16NO12P3-2. The van der Waals surface area contributed by atoms with Gasteiger partial charge in [-0.3, -0.25) is 9.59 Å². The molecule has 1 aliphatic heterocycles. The number of benzene rings is 10. The van der Waals surface area contributed by atoms with Gasteiger partial charge in [-0.05, 0) is 154 Å². The van der Waals surface area contributed by atoms with E-state index in [1.54, 1.807) is 52.8 Å². The lowest BCUT2D eigenvalue weighted by Gasteiger charge is -2.17. The van der Waals surface area contributed by atoms with E-state index in [2.05, 4.69) is 69.7 Å². The van der Waals surface area contributed by atoms with Crippen LogP contribution in [0.25, 0.3) is 85.0 Å². The zero-order chi connectivity index (χ0) is 102. The molecule has 2 unspecified atom stereocenters. The number of ether oxygens (including phenoxy) is 5. The van der Waals surface area contributed by atoms with Gasteiger partial charge < -0.3 is 61.6 Å². The zero-order valence-corrected chi connectivity index (χ0v) is 85.1. The SMILES string of the molecule is C.C.C/C=C/c1cc(OC)c(/C=C/c2ccc(-c3c(F)c(F)c(-c4c(F)c(F)c(-c5ccc(C)cc5)c(F)c4F)c(F)c3F)cc2)cc1OCCC(C)CCCC(C)C.C1CCOC1.CCOP(Cc1ccc(-c2c(F)c(F)c(-c3c(F)c(F)c(-c4ccc(CP(OCC)OCC)cc4)c(F)c3F)c(F)c2F)cc1)OCC.COc1cc(C=O)c(OCCC(C)CCCC(C)C)cc1C=O.C[N+](C)(C)C.[OH-].[PH-2]. The number of quaternary nitrogens is 1. The summed E-state index contributed by atoms with van der Waals surface area (Å²) >= 11 is 0. The van der Waals surface area contributed by atoms with Gasteiger partial charge in [-0.15, -0.1) is 0 Å². The van der Waals surface area contributed by atoms with Gasteiger partial charge in [0.1, 0.15) is 23.0 Å². The van der Waals surface area contributed by atoms with Crippen molar-refractivity contribution in [3.05, 3.63) is 265 Å². The van der Waals surface area contributed by atoms with Gasteiger partial charge in [0.05, 0.1) is 138 Å². The quantitative estimate of drug-likeness (QED) is 0.00897. The fraction of sp³-hybridized carbons (Fsp3) is 0.400. The van der Waals surface area contributed by atoms with E-state index in [-0.39, 0.29) is 52.5 Å². The van der Waals surface area contributed by atoms with Gasteiger partial charge in [0.15, 0.2) is 122 Å². The van der Waals surface area contributed by atoms with E-state index in [9.17, 15) is 9.59 Å². The van der Waals surface area contributed by atoms with Crippen molar-refractivity contribution in [3.8, 4) is 89.8 Å². The zero-order valence-electron chi connectivity index (χ0n) is 82.3. The summed E-state index contributed by atoms with van der Waals surface area (Å²) in [6.45, 7) is 28.7. The molecule has 10 aromatic rings. The highest BCUT2D eigenvalue weighted by atomic mass is 31.2. The van der Waals surface area contributed by atoms with Crippen LogP contribution in [0.3, 0.4) is 0 Å². The van der Waals surface area contributed by atoms with Crippen molar-refractivity contribution in [3.63, 3.8) is 0 Å². The molecule has 780 valence electrons. The van der Waals surface area contributed by atoms with Crippen molar-refractivity contribution in [2.24, 2.45) is 23.7 Å². The first kappa shape index (κ1) is 126. The number of aldehydes is 2. The minimum Gasteiger partial charge on any atom is -1.51 e. The number of hydrogen-bond acceptors (Lipinski definition) is 12. The Balaban J connectivity index is 0.000000547. The molecule has 0 aliphatic carbocycles. The number of carbonyl (C=O) groups excluding carboxylic acids is 2. The maximum atomic E-state index is 15.6. The van der Waals surface area contributed by atoms with E-state index in [1.807, 2.05) is 31.2 Å². The molecule has 0 saturated carbocycles. The summed E-state index contributed by atoms with van der Waals surface area (Å²) < 4.78 is 297. The Hall–Kier alpha value is -9.89. The predicted molar refractivity (Wildman–Crippen MR) is 541 cm³/mol. The molecule has 0 aromatic heterocycles. The van der Waals surface area contributed by atoms with Crippen molar-refractivity contribution in [2.45, 2.75) is 174 Å². The van der Waals surface area contributed by atoms with E-state index in [4.69, 9.17) is 41.8 Å². The normalized spacial score (nSPS) is 12.1. The van der Waals surface area contributed by atoms with Crippen LogP contribution < -0.4 is 18.9 Å². The third-order valence-electron chi connectivity index (χ3n) is 21.6. The summed E-state index contributed by atoms with van der Waals surface area (Å²) in [6, 6.07) is 27.8. The van der Waals surface area contributed by atoms with Crippen molar-refractivity contribution in [1.29, 1.82) is 0 Å². The average molecular weight is 2060 g/mol. The Labute approximate surface area is 832 Å². The average Bonchev–Trinajstić information content (AvgIpc) is 0.803. The van der Waals surface area contributed by atoms with Gasteiger partial charge >= 0.3 is 0 Å². The van der Waals surface area contributed by atoms with Crippen molar-refractivity contribution in [2.75, 3.05) is 95.3 Å². The first-order chi connectivity index (χ1) is 65.7. The molecule has 10 aromatic carbocycles. The molecule has 2 atom stereocenters. The van der Waals surface area contributed by atoms with E-state index < -0.39 is 154 Å². The topological polar surface area (TPSA) is 147 Å². The van der Waals surface area contributed by atoms with Crippen LogP contribution in [0.5, 0.6) is 23.0 Å². The number of halogens is 16. The monoisotopic (exact) mass is 2060 g/mol. The number of allylic oxidation sites excluding steroid dienone is 1. The molecule has 0 radical (unpaired) electrons. The molecule has 1 heterocycles. The molecular weight excluding hydrogens is 1920 g/mol. The lowest BCUT2D eigenvalue weighted by Crippen LogP contribution is -2.27. The number of aryl methyl sites for hydroxylation is 1. The molecule has 1 N–H and O–H groups in total. The molecule has 11 rings (SSSR count). The fourth-order valence-corrected chi connectivity index (χ4v) is 17.2. The molecule has 1 saturated heterocycles. The Bertz CT molecular complexity index is 5440. The van der Waals surface area contributed by atoms with Crippen molar-refractivity contribution < 1.29 is 132 Å². The molecule has 0 amide bonds. The van der Waals surface area contributed by atoms with Crippen LogP contribution in [0.2, 0.25) is 0 Å². The van der Waals surface area contributed by atoms with Crippen LogP contribution in [-0.4, -0.2) is 118 Å². The first-order valence-corrected chi connectivity index (χ1v) is 48.5. The van der Waals surface area contributed by atoms with Crippen LogP contribution in [0.1, 0.15) is 209 Å². The summed E-state index contributed by atoms with van der Waals surface area (Å²) in [7, 11) is 8.90. The van der Waals surface area contributed by atoms with Gasteiger partial charge in [-0.2, -0.15) is 0 Å². The summed E-state index contributed by atoms with van der Waals surface area (Å²) in [5.74, 6) is -29.4. The fourth-order valence-electron chi connectivity index (χ4n) is 14.5. The van der Waals surface area contributed by atoms with E-state index >= 15 is 70.2 Å². The Morgan fingerprint density at radius 2 is 0.627 bits per heavy atom. The lowest BCUT2D eigenvalue weighted by atomic mass is 9.93. The predicted octanol–water partition coefficient (Wildman–Crippen LogP) is 33.5. The van der Waals surface area contributed by atoms with Crippen LogP contribution in [0, 0.1) is 124 Å². The van der Waals surface area contributed by atoms with E-state index in [0.29, 0.717) is 138 Å². The molecule has 0 spiro atoms. The second kappa shape index (κ2) is 62.1. The third-order valence-corrected chi connectivity index (χ3v) is 25.0. The smallest absolute Gasteiger partial charge is 0.175 e. The van der Waals surface area contributed by atoms with Gasteiger partial charge in [-0.25, -0.2) is 70.2 Å². The van der Waals surface area contributed by atoms with Gasteiger partial charge in [-0.1, -0.05) is 222 Å². The highest BCUT2D eigenvalue weighted by Crippen LogP contribution is 2.49. The van der Waals surface area contributed by atoms with Crippen LogP contribution in [-0.2, 0) is 35.2 Å². The van der Waals surface area contributed by atoms with E-state index in [1.165, 1.54) is 162 Å². The molecule has 142 heavy (non-hydrogen) atoms. The maximum absolute atomic E-state index is 15.6. The Morgan fingerprint density at radius 3 is 0.908 bits per heavy atom. The van der Waals surface area contributed by atoms with Gasteiger partial charge in [0.2, 0.25) is 0 Å². The lowest BCUT2D eigenvalue weighted by molar-refractivity contribution is -0.849. The maximum Gasteiger partial charge on any atom is 0.175 e.